The van der Waals surface area contributed by atoms with Crippen LogP contribution in [0.2, 0.25) is 0 Å². The number of nitrogens with zero attached hydrogens (tertiary/aromatic N) is 5. The zero-order valence-corrected chi connectivity index (χ0v) is 18.2. The van der Waals surface area contributed by atoms with Gasteiger partial charge >= 0.3 is 6.18 Å². The fourth-order valence-corrected chi connectivity index (χ4v) is 3.18. The molecule has 0 aliphatic heterocycles. The van der Waals surface area contributed by atoms with E-state index in [2.05, 4.69) is 20.6 Å². The van der Waals surface area contributed by atoms with Crippen molar-refractivity contribution in [2.45, 2.75) is 25.7 Å². The second-order valence-electron chi connectivity index (χ2n) is 7.61. The molecule has 4 aromatic rings. The third-order valence-electron chi connectivity index (χ3n) is 4.92. The average molecular weight is 481 g/mol. The van der Waals surface area contributed by atoms with Gasteiger partial charge in [-0.25, -0.2) is 4.68 Å². The first-order valence-corrected chi connectivity index (χ1v) is 10.3. The molecule has 35 heavy (non-hydrogen) atoms. The third kappa shape index (κ3) is 5.20. The summed E-state index contributed by atoms with van der Waals surface area (Å²) in [7, 11) is 0. The van der Waals surface area contributed by atoms with E-state index in [1.165, 1.54) is 13.0 Å². The Morgan fingerprint density at radius 3 is 2.63 bits per heavy atom. The lowest BCUT2D eigenvalue weighted by atomic mass is 10.1. The Labute approximate surface area is 197 Å². The smallest absolute Gasteiger partial charge is 0.415 e. The van der Waals surface area contributed by atoms with Crippen molar-refractivity contribution in [1.29, 1.82) is 5.26 Å². The first-order valence-electron chi connectivity index (χ1n) is 10.3. The maximum atomic E-state index is 13.5. The molecule has 0 aliphatic carbocycles. The first kappa shape index (κ1) is 23.7. The summed E-state index contributed by atoms with van der Waals surface area (Å²) in [4.78, 5) is 11.8. The number of nitrogens with one attached hydrogen (secondary N) is 1. The summed E-state index contributed by atoms with van der Waals surface area (Å²) in [6.07, 6.45) is -4.72. The number of carbonyl (C=O) groups is 1. The summed E-state index contributed by atoms with van der Waals surface area (Å²) in [6, 6.07) is 14.9. The van der Waals surface area contributed by atoms with E-state index in [0.717, 1.165) is 10.7 Å². The molecule has 0 radical (unpaired) electrons. The van der Waals surface area contributed by atoms with Crippen molar-refractivity contribution in [2.24, 2.45) is 5.73 Å². The highest BCUT2D eigenvalue weighted by Gasteiger charge is 2.36. The molecule has 0 aliphatic rings. The molecule has 2 aromatic heterocycles. The highest BCUT2D eigenvalue weighted by Crippen LogP contribution is 2.34. The summed E-state index contributed by atoms with van der Waals surface area (Å²) in [5.41, 5.74) is 6.02. The molecule has 2 heterocycles. The highest BCUT2D eigenvalue weighted by molar-refractivity contribution is 5.80. The van der Waals surface area contributed by atoms with Gasteiger partial charge in [0.05, 0.1) is 23.4 Å². The molecule has 0 unspecified atom stereocenters. The second-order valence-corrected chi connectivity index (χ2v) is 7.61. The van der Waals surface area contributed by atoms with Crippen molar-refractivity contribution in [3.05, 3.63) is 71.4 Å². The molecule has 0 saturated heterocycles. The molecule has 2 aromatic carbocycles. The van der Waals surface area contributed by atoms with Gasteiger partial charge in [0.15, 0.2) is 5.69 Å². The number of halogens is 3. The molecular weight excluding hydrogens is 463 g/mol. The summed E-state index contributed by atoms with van der Waals surface area (Å²) >= 11 is 0. The molecule has 9 nitrogen and oxygen atoms in total. The Bertz CT molecular complexity index is 1420. The first-order chi connectivity index (χ1) is 16.7. The molecule has 0 bridgehead atoms. The van der Waals surface area contributed by atoms with Crippen molar-refractivity contribution in [3.8, 4) is 34.8 Å². The number of alkyl halides is 3. The van der Waals surface area contributed by atoms with Crippen molar-refractivity contribution >= 4 is 5.91 Å². The van der Waals surface area contributed by atoms with Crippen LogP contribution in [-0.4, -0.2) is 31.9 Å². The van der Waals surface area contributed by atoms with E-state index in [4.69, 9.17) is 15.4 Å². The number of benzene rings is 2. The standard InChI is InChI=1S/C23H18F3N7O2/c1-13(28)20(34)29-12-15-5-3-7-17(9-15)33-18(10-19(32-33)23(24,25)26)22-31-30-21(35-22)16-6-2-4-14(8-16)11-27/h2-10,13H,12,28H2,1H3,(H,29,34)/t13-/m0/s1. The van der Waals surface area contributed by atoms with Crippen molar-refractivity contribution in [3.63, 3.8) is 0 Å². The van der Waals surface area contributed by atoms with E-state index in [9.17, 15) is 18.0 Å². The number of nitriles is 1. The zero-order chi connectivity index (χ0) is 25.2. The maximum Gasteiger partial charge on any atom is 0.435 e. The van der Waals surface area contributed by atoms with Gasteiger partial charge in [0.2, 0.25) is 11.8 Å². The van der Waals surface area contributed by atoms with Gasteiger partial charge in [0.25, 0.3) is 5.89 Å². The molecule has 178 valence electrons. The van der Waals surface area contributed by atoms with Crippen LogP contribution in [0.15, 0.2) is 59.0 Å². The van der Waals surface area contributed by atoms with Crippen molar-refractivity contribution < 1.29 is 22.4 Å². The lowest BCUT2D eigenvalue weighted by Crippen LogP contribution is -2.37. The van der Waals surface area contributed by atoms with Gasteiger partial charge in [0, 0.05) is 18.2 Å². The Kier molecular flexibility index (Phi) is 6.35. The Morgan fingerprint density at radius 1 is 1.17 bits per heavy atom. The van der Waals surface area contributed by atoms with Crippen LogP contribution in [-0.2, 0) is 17.5 Å². The van der Waals surface area contributed by atoms with Crippen LogP contribution in [0.3, 0.4) is 0 Å². The number of rotatable bonds is 6. The second kappa shape index (κ2) is 9.40. The lowest BCUT2D eigenvalue weighted by Gasteiger charge is -2.10. The molecule has 12 heteroatoms. The van der Waals surface area contributed by atoms with Gasteiger partial charge in [-0.1, -0.05) is 18.2 Å². The molecule has 0 fully saturated rings. The maximum absolute atomic E-state index is 13.5. The molecule has 1 amide bonds. The average Bonchev–Trinajstić information content (AvgIpc) is 3.50. The minimum atomic E-state index is -4.72. The predicted molar refractivity (Wildman–Crippen MR) is 118 cm³/mol. The van der Waals surface area contributed by atoms with E-state index in [-0.39, 0.29) is 35.6 Å². The summed E-state index contributed by atoms with van der Waals surface area (Å²) in [6.45, 7) is 1.66. The number of carbonyl (C=O) groups excluding carboxylic acids is 1. The molecule has 0 spiro atoms. The fourth-order valence-electron chi connectivity index (χ4n) is 3.18. The Hall–Kier alpha value is -4.50. The number of hydrogen-bond donors (Lipinski definition) is 2. The van der Waals surface area contributed by atoms with E-state index >= 15 is 0 Å². The molecule has 1 atom stereocenters. The van der Waals surface area contributed by atoms with Gasteiger partial charge < -0.3 is 15.5 Å². The van der Waals surface area contributed by atoms with Crippen LogP contribution in [0.1, 0.15) is 23.7 Å². The summed E-state index contributed by atoms with van der Waals surface area (Å²) in [5.74, 6) is -0.528. The quantitative estimate of drug-likeness (QED) is 0.431. The van der Waals surface area contributed by atoms with E-state index in [1.54, 1.807) is 42.5 Å². The normalized spacial score (nSPS) is 12.2. The zero-order valence-electron chi connectivity index (χ0n) is 18.2. The van der Waals surface area contributed by atoms with E-state index < -0.39 is 17.9 Å². The van der Waals surface area contributed by atoms with Gasteiger partial charge in [-0.15, -0.1) is 10.2 Å². The Balaban J connectivity index is 1.73. The number of hydrogen-bond acceptors (Lipinski definition) is 7. The van der Waals surface area contributed by atoms with Gasteiger partial charge in [0.1, 0.15) is 5.69 Å². The predicted octanol–water partition coefficient (Wildman–Crippen LogP) is 3.44. The van der Waals surface area contributed by atoms with Crippen LogP contribution < -0.4 is 11.1 Å². The number of aromatic nitrogens is 4. The monoisotopic (exact) mass is 481 g/mol. The van der Waals surface area contributed by atoms with E-state index in [0.29, 0.717) is 16.7 Å². The van der Waals surface area contributed by atoms with Crippen LogP contribution in [0.5, 0.6) is 0 Å². The minimum Gasteiger partial charge on any atom is -0.415 e. The largest absolute Gasteiger partial charge is 0.435 e. The fraction of sp³-hybridized carbons (Fsp3) is 0.174. The van der Waals surface area contributed by atoms with E-state index in [1.807, 2.05) is 6.07 Å². The van der Waals surface area contributed by atoms with Crippen molar-refractivity contribution in [2.75, 3.05) is 0 Å². The van der Waals surface area contributed by atoms with Gasteiger partial charge in [-0.05, 0) is 42.8 Å². The number of amides is 1. The number of nitrogens with two attached hydrogens (primary N) is 1. The van der Waals surface area contributed by atoms with Crippen molar-refractivity contribution in [1.82, 2.24) is 25.3 Å². The highest BCUT2D eigenvalue weighted by atomic mass is 19.4. The lowest BCUT2D eigenvalue weighted by molar-refractivity contribution is -0.141. The molecule has 0 saturated carbocycles. The SMILES string of the molecule is C[C@H](N)C(=O)NCc1cccc(-n2nc(C(F)(F)F)cc2-c2nnc(-c3cccc(C#N)c3)o2)c1. The Morgan fingerprint density at radius 2 is 1.91 bits per heavy atom. The molecule has 3 N–H and O–H groups in total. The topological polar surface area (TPSA) is 136 Å². The third-order valence-corrected chi connectivity index (χ3v) is 4.92. The van der Waals surface area contributed by atoms with Gasteiger partial charge in [-0.2, -0.15) is 23.5 Å². The minimum absolute atomic E-state index is 0.0331. The van der Waals surface area contributed by atoms with Crippen LogP contribution in [0.25, 0.3) is 28.7 Å². The van der Waals surface area contributed by atoms with Crippen LogP contribution >= 0.6 is 0 Å². The van der Waals surface area contributed by atoms with Gasteiger partial charge in [-0.3, -0.25) is 4.79 Å². The summed E-state index contributed by atoms with van der Waals surface area (Å²) < 4.78 is 47.2. The summed E-state index contributed by atoms with van der Waals surface area (Å²) in [5, 5.41) is 23.3. The molecular formula is C23H18F3N7O2. The van der Waals surface area contributed by atoms with Crippen LogP contribution in [0.4, 0.5) is 13.2 Å². The molecule has 4 rings (SSSR count). The van der Waals surface area contributed by atoms with Crippen LogP contribution in [0, 0.1) is 11.3 Å².